The summed E-state index contributed by atoms with van der Waals surface area (Å²) in [4.78, 5) is 16.6. The van der Waals surface area contributed by atoms with Crippen LogP contribution in [0, 0.1) is 0 Å². The Morgan fingerprint density at radius 2 is 1.90 bits per heavy atom. The number of imidazole rings is 1. The molecule has 0 radical (unpaired) electrons. The molecular weight excluding hydrogens is 342 g/mol. The van der Waals surface area contributed by atoms with Crippen LogP contribution in [-0.2, 0) is 6.54 Å². The zero-order valence-electron chi connectivity index (χ0n) is 10.3. The van der Waals surface area contributed by atoms with E-state index in [0.717, 1.165) is 26.8 Å². The minimum Gasteiger partial charge on any atom is -0.381 e. The minimum absolute atomic E-state index is 0.197. The fraction of sp³-hybridized carbons (Fsp3) is 0.0714. The molecule has 0 fully saturated rings. The average molecular weight is 353 g/mol. The van der Waals surface area contributed by atoms with E-state index >= 15 is 0 Å². The van der Waals surface area contributed by atoms with Crippen LogP contribution in [0.2, 0.25) is 5.02 Å². The van der Waals surface area contributed by atoms with Gasteiger partial charge in [0.05, 0.1) is 16.1 Å². The SMILES string of the molecule is O=c1[nH]c2ccc(NCc3ccc(Br)c(Cl)c3)cc2[nH]1. The monoisotopic (exact) mass is 351 g/mol. The van der Waals surface area contributed by atoms with Gasteiger partial charge in [0.15, 0.2) is 0 Å². The summed E-state index contributed by atoms with van der Waals surface area (Å²) in [6.07, 6.45) is 0. The number of aromatic nitrogens is 2. The normalized spacial score (nSPS) is 10.9. The van der Waals surface area contributed by atoms with Crippen LogP contribution in [0.3, 0.4) is 0 Å². The summed E-state index contributed by atoms with van der Waals surface area (Å²) >= 11 is 9.42. The first-order valence-electron chi connectivity index (χ1n) is 6.02. The van der Waals surface area contributed by atoms with Gasteiger partial charge in [-0.2, -0.15) is 0 Å². The quantitative estimate of drug-likeness (QED) is 0.670. The van der Waals surface area contributed by atoms with Crippen LogP contribution in [-0.4, -0.2) is 9.97 Å². The highest BCUT2D eigenvalue weighted by Crippen LogP contribution is 2.24. The van der Waals surface area contributed by atoms with Crippen LogP contribution >= 0.6 is 27.5 Å². The maximum absolute atomic E-state index is 11.2. The fourth-order valence-electron chi connectivity index (χ4n) is 2.00. The van der Waals surface area contributed by atoms with Crippen molar-refractivity contribution >= 4 is 44.3 Å². The Hall–Kier alpha value is -1.72. The second-order valence-electron chi connectivity index (χ2n) is 4.44. The topological polar surface area (TPSA) is 60.7 Å². The van der Waals surface area contributed by atoms with Crippen LogP contribution < -0.4 is 11.0 Å². The summed E-state index contributed by atoms with van der Waals surface area (Å²) in [5.41, 5.74) is 3.41. The Labute approximate surface area is 128 Å². The van der Waals surface area contributed by atoms with Gasteiger partial charge < -0.3 is 15.3 Å². The molecule has 102 valence electrons. The van der Waals surface area contributed by atoms with E-state index in [1.54, 1.807) is 0 Å². The highest BCUT2D eigenvalue weighted by Gasteiger charge is 2.02. The summed E-state index contributed by atoms with van der Waals surface area (Å²) in [6, 6.07) is 11.5. The number of rotatable bonds is 3. The van der Waals surface area contributed by atoms with Crippen molar-refractivity contribution in [3.8, 4) is 0 Å². The van der Waals surface area contributed by atoms with Gasteiger partial charge in [-0.05, 0) is 51.8 Å². The number of aromatic amines is 2. The summed E-state index contributed by atoms with van der Waals surface area (Å²) < 4.78 is 0.884. The van der Waals surface area contributed by atoms with Gasteiger partial charge in [-0.15, -0.1) is 0 Å². The highest BCUT2D eigenvalue weighted by atomic mass is 79.9. The lowest BCUT2D eigenvalue weighted by molar-refractivity contribution is 1.15. The summed E-state index contributed by atoms with van der Waals surface area (Å²) in [7, 11) is 0. The van der Waals surface area contributed by atoms with Gasteiger partial charge in [0.2, 0.25) is 0 Å². The number of hydrogen-bond donors (Lipinski definition) is 3. The molecule has 0 aliphatic heterocycles. The number of nitrogens with one attached hydrogen (secondary N) is 3. The Kier molecular flexibility index (Phi) is 3.54. The van der Waals surface area contributed by atoms with Crippen molar-refractivity contribution in [3.05, 3.63) is 61.9 Å². The number of fused-ring (bicyclic) bond motifs is 1. The molecule has 0 saturated heterocycles. The smallest absolute Gasteiger partial charge is 0.323 e. The first kappa shape index (κ1) is 13.3. The standard InChI is InChI=1S/C14H11BrClN3O/c15-10-3-1-8(5-11(10)16)7-17-9-2-4-12-13(6-9)19-14(20)18-12/h1-6,17H,7H2,(H2,18,19,20). The van der Waals surface area contributed by atoms with E-state index in [1.807, 2.05) is 36.4 Å². The molecule has 3 aromatic rings. The van der Waals surface area contributed by atoms with Gasteiger partial charge in [0, 0.05) is 16.7 Å². The Balaban J connectivity index is 1.78. The van der Waals surface area contributed by atoms with Gasteiger partial charge in [-0.3, -0.25) is 0 Å². The van der Waals surface area contributed by atoms with E-state index in [0.29, 0.717) is 11.6 Å². The summed E-state index contributed by atoms with van der Waals surface area (Å²) in [5.74, 6) is 0. The Morgan fingerprint density at radius 1 is 1.10 bits per heavy atom. The zero-order chi connectivity index (χ0) is 14.1. The van der Waals surface area contributed by atoms with E-state index in [-0.39, 0.29) is 5.69 Å². The molecule has 0 aliphatic carbocycles. The molecule has 3 N–H and O–H groups in total. The lowest BCUT2D eigenvalue weighted by Crippen LogP contribution is -1.99. The maximum Gasteiger partial charge on any atom is 0.323 e. The van der Waals surface area contributed by atoms with Crippen molar-refractivity contribution in [2.45, 2.75) is 6.54 Å². The summed E-state index contributed by atoms with van der Waals surface area (Å²) in [6.45, 7) is 0.660. The Bertz CT molecular complexity index is 825. The molecule has 0 bridgehead atoms. The third-order valence-corrected chi connectivity index (χ3v) is 4.23. The van der Waals surface area contributed by atoms with Crippen LogP contribution in [0.4, 0.5) is 5.69 Å². The van der Waals surface area contributed by atoms with Crippen LogP contribution in [0.25, 0.3) is 11.0 Å². The predicted octanol–water partition coefficient (Wildman–Crippen LogP) is 3.88. The van der Waals surface area contributed by atoms with Crippen molar-refractivity contribution in [2.24, 2.45) is 0 Å². The van der Waals surface area contributed by atoms with Gasteiger partial charge >= 0.3 is 5.69 Å². The van der Waals surface area contributed by atoms with E-state index in [2.05, 4.69) is 31.2 Å². The van der Waals surface area contributed by atoms with Crippen molar-refractivity contribution in [3.63, 3.8) is 0 Å². The van der Waals surface area contributed by atoms with Crippen molar-refractivity contribution < 1.29 is 0 Å². The number of halogens is 2. The molecule has 0 unspecified atom stereocenters. The van der Waals surface area contributed by atoms with Crippen LogP contribution in [0.5, 0.6) is 0 Å². The molecule has 2 aromatic carbocycles. The fourth-order valence-corrected chi connectivity index (χ4v) is 2.45. The van der Waals surface area contributed by atoms with Gasteiger partial charge in [-0.1, -0.05) is 17.7 Å². The predicted molar refractivity (Wildman–Crippen MR) is 85.4 cm³/mol. The number of H-pyrrole nitrogens is 2. The van der Waals surface area contributed by atoms with Crippen molar-refractivity contribution in [2.75, 3.05) is 5.32 Å². The largest absolute Gasteiger partial charge is 0.381 e. The molecule has 4 nitrogen and oxygen atoms in total. The molecule has 0 saturated carbocycles. The summed E-state index contributed by atoms with van der Waals surface area (Å²) in [5, 5.41) is 3.99. The second-order valence-corrected chi connectivity index (χ2v) is 5.70. The molecule has 0 spiro atoms. The van der Waals surface area contributed by atoms with Gasteiger partial charge in [0.1, 0.15) is 0 Å². The first-order valence-corrected chi connectivity index (χ1v) is 7.19. The maximum atomic E-state index is 11.2. The molecule has 0 amide bonds. The average Bonchev–Trinajstić information content (AvgIpc) is 2.79. The first-order chi connectivity index (χ1) is 9.61. The van der Waals surface area contributed by atoms with E-state index in [1.165, 1.54) is 0 Å². The van der Waals surface area contributed by atoms with Crippen LogP contribution in [0.15, 0.2) is 45.7 Å². The molecule has 20 heavy (non-hydrogen) atoms. The van der Waals surface area contributed by atoms with E-state index in [4.69, 9.17) is 11.6 Å². The molecule has 1 heterocycles. The molecule has 6 heteroatoms. The highest BCUT2D eigenvalue weighted by molar-refractivity contribution is 9.10. The number of benzene rings is 2. The van der Waals surface area contributed by atoms with Gasteiger partial charge in [-0.25, -0.2) is 4.79 Å². The molecule has 3 rings (SSSR count). The third kappa shape index (κ3) is 2.73. The molecule has 0 aliphatic rings. The van der Waals surface area contributed by atoms with E-state index in [9.17, 15) is 4.79 Å². The number of hydrogen-bond acceptors (Lipinski definition) is 2. The molecule has 1 aromatic heterocycles. The second kappa shape index (κ2) is 5.34. The van der Waals surface area contributed by atoms with E-state index < -0.39 is 0 Å². The molecular formula is C14H11BrClN3O. The molecule has 0 atom stereocenters. The van der Waals surface area contributed by atoms with Crippen molar-refractivity contribution in [1.82, 2.24) is 9.97 Å². The zero-order valence-corrected chi connectivity index (χ0v) is 12.7. The van der Waals surface area contributed by atoms with Crippen molar-refractivity contribution in [1.29, 1.82) is 0 Å². The lowest BCUT2D eigenvalue weighted by Gasteiger charge is -2.07. The van der Waals surface area contributed by atoms with Gasteiger partial charge in [0.25, 0.3) is 0 Å². The lowest BCUT2D eigenvalue weighted by atomic mass is 10.2. The minimum atomic E-state index is -0.197. The van der Waals surface area contributed by atoms with Crippen LogP contribution in [0.1, 0.15) is 5.56 Å². The third-order valence-electron chi connectivity index (χ3n) is 3.00. The Morgan fingerprint density at radius 3 is 2.70 bits per heavy atom. The number of anilines is 1.